The average molecular weight is 213 g/mol. The number of hydrogen-bond donors (Lipinski definition) is 0. The molecule has 0 amide bonds. The molecule has 3 rings (SSSR count). The van der Waals surface area contributed by atoms with E-state index in [-0.39, 0.29) is 0 Å². The van der Waals surface area contributed by atoms with Gasteiger partial charge in [-0.1, -0.05) is 44.4 Å². The van der Waals surface area contributed by atoms with Crippen LogP contribution >= 0.6 is 0 Å². The molecule has 0 bridgehead atoms. The number of fused-ring (bicyclic) bond motifs is 2. The Morgan fingerprint density at radius 3 is 2.62 bits per heavy atom. The first-order valence-corrected chi connectivity index (χ1v) is 6.54. The van der Waals surface area contributed by atoms with Crippen LogP contribution in [0.15, 0.2) is 29.3 Å². The van der Waals surface area contributed by atoms with Gasteiger partial charge in [0.25, 0.3) is 0 Å². The third-order valence-corrected chi connectivity index (χ3v) is 4.27. The van der Waals surface area contributed by atoms with Crippen molar-refractivity contribution in [2.75, 3.05) is 0 Å². The molecule has 16 heavy (non-hydrogen) atoms. The van der Waals surface area contributed by atoms with Crippen molar-refractivity contribution in [3.05, 3.63) is 29.8 Å². The zero-order chi connectivity index (χ0) is 11.0. The Morgan fingerprint density at radius 2 is 1.88 bits per heavy atom. The quantitative estimate of drug-likeness (QED) is 0.656. The maximum Gasteiger partial charge on any atom is 0.0670 e. The Kier molecular flexibility index (Phi) is 2.34. The Morgan fingerprint density at radius 1 is 1.12 bits per heavy atom. The average Bonchev–Trinajstić information content (AvgIpc) is 2.65. The summed E-state index contributed by atoms with van der Waals surface area (Å²) in [6.07, 6.45) is 7.88. The monoisotopic (exact) mass is 213 g/mol. The molecule has 1 aliphatic carbocycles. The lowest BCUT2D eigenvalue weighted by atomic mass is 9.67. The van der Waals surface area contributed by atoms with E-state index in [4.69, 9.17) is 4.99 Å². The van der Waals surface area contributed by atoms with Gasteiger partial charge < -0.3 is 0 Å². The highest BCUT2D eigenvalue weighted by atomic mass is 14.8. The lowest BCUT2D eigenvalue weighted by Gasteiger charge is -2.35. The summed E-state index contributed by atoms with van der Waals surface area (Å²) in [6.45, 7) is 2.25. The van der Waals surface area contributed by atoms with E-state index in [9.17, 15) is 0 Å². The van der Waals surface area contributed by atoms with Gasteiger partial charge in [-0.15, -0.1) is 0 Å². The van der Waals surface area contributed by atoms with Crippen LogP contribution in [0.25, 0.3) is 0 Å². The van der Waals surface area contributed by atoms with Crippen LogP contribution in [0.3, 0.4) is 0 Å². The Labute approximate surface area is 97.6 Å². The third-order valence-electron chi connectivity index (χ3n) is 4.27. The molecule has 1 heteroatoms. The maximum atomic E-state index is 4.86. The lowest BCUT2D eigenvalue weighted by molar-refractivity contribution is 0.382. The molecule has 1 aromatic carbocycles. The molecule has 1 aliphatic heterocycles. The number of aliphatic imine (C=N–C) groups is 1. The molecular weight excluding hydrogens is 194 g/mol. The molecule has 0 aromatic heterocycles. The van der Waals surface area contributed by atoms with Crippen LogP contribution in [-0.4, -0.2) is 5.71 Å². The highest BCUT2D eigenvalue weighted by Crippen LogP contribution is 2.49. The number of hydrogen-bond acceptors (Lipinski definition) is 1. The molecule has 0 unspecified atom stereocenters. The van der Waals surface area contributed by atoms with Crippen molar-refractivity contribution in [1.29, 1.82) is 0 Å². The van der Waals surface area contributed by atoms with Crippen molar-refractivity contribution in [2.45, 2.75) is 50.9 Å². The number of para-hydroxylation sites is 1. The van der Waals surface area contributed by atoms with Gasteiger partial charge in [-0.25, -0.2) is 0 Å². The second kappa shape index (κ2) is 3.73. The summed E-state index contributed by atoms with van der Waals surface area (Å²) in [5, 5.41) is 0. The molecule has 0 saturated heterocycles. The summed E-state index contributed by atoms with van der Waals surface area (Å²) < 4.78 is 0. The highest BCUT2D eigenvalue weighted by molar-refractivity contribution is 6.01. The van der Waals surface area contributed by atoms with E-state index in [0.717, 1.165) is 6.42 Å². The molecular formula is C15H19N. The van der Waals surface area contributed by atoms with Crippen molar-refractivity contribution >= 4 is 11.4 Å². The summed E-state index contributed by atoms with van der Waals surface area (Å²) in [5.74, 6) is 0. The van der Waals surface area contributed by atoms with E-state index >= 15 is 0 Å². The van der Waals surface area contributed by atoms with Crippen LogP contribution in [0.1, 0.15) is 51.0 Å². The number of benzene rings is 1. The Balaban J connectivity index is 2.12. The van der Waals surface area contributed by atoms with Crippen LogP contribution in [0, 0.1) is 0 Å². The van der Waals surface area contributed by atoms with E-state index < -0.39 is 0 Å². The molecule has 84 valence electrons. The maximum absolute atomic E-state index is 4.86. The van der Waals surface area contributed by atoms with E-state index in [0.29, 0.717) is 5.41 Å². The van der Waals surface area contributed by atoms with E-state index in [1.54, 1.807) is 0 Å². The van der Waals surface area contributed by atoms with Gasteiger partial charge in [-0.2, -0.15) is 0 Å². The number of rotatable bonds is 1. The van der Waals surface area contributed by atoms with Crippen molar-refractivity contribution in [2.24, 2.45) is 4.99 Å². The second-order valence-electron chi connectivity index (χ2n) is 5.07. The molecule has 0 radical (unpaired) electrons. The topological polar surface area (TPSA) is 12.4 Å². The Bertz CT molecular complexity index is 425. The molecule has 1 fully saturated rings. The summed E-state index contributed by atoms with van der Waals surface area (Å²) >= 11 is 0. The van der Waals surface area contributed by atoms with Gasteiger partial charge in [-0.05, 0) is 30.9 Å². The van der Waals surface area contributed by atoms with Gasteiger partial charge in [-0.3, -0.25) is 4.99 Å². The minimum Gasteiger partial charge on any atom is -0.257 e. The summed E-state index contributed by atoms with van der Waals surface area (Å²) in [7, 11) is 0. The predicted octanol–water partition coefficient (Wildman–Crippen LogP) is 4.38. The van der Waals surface area contributed by atoms with Gasteiger partial charge >= 0.3 is 0 Å². The fourth-order valence-electron chi connectivity index (χ4n) is 3.51. The van der Waals surface area contributed by atoms with E-state index in [1.165, 1.54) is 49.1 Å². The third kappa shape index (κ3) is 1.27. The first-order valence-electron chi connectivity index (χ1n) is 6.54. The van der Waals surface area contributed by atoms with Gasteiger partial charge in [0.05, 0.1) is 5.69 Å². The number of nitrogens with zero attached hydrogens (tertiary/aromatic N) is 1. The van der Waals surface area contributed by atoms with Gasteiger partial charge in [0.1, 0.15) is 0 Å². The predicted molar refractivity (Wildman–Crippen MR) is 68.6 cm³/mol. The summed E-state index contributed by atoms with van der Waals surface area (Å²) in [4.78, 5) is 4.86. The minimum atomic E-state index is 0.323. The molecule has 1 saturated carbocycles. The van der Waals surface area contributed by atoms with Crippen molar-refractivity contribution in [3.8, 4) is 0 Å². The van der Waals surface area contributed by atoms with Crippen LogP contribution < -0.4 is 0 Å². The molecule has 1 nitrogen and oxygen atoms in total. The first kappa shape index (κ1) is 10.1. The zero-order valence-electron chi connectivity index (χ0n) is 10.00. The Hall–Kier alpha value is -1.11. The lowest BCUT2D eigenvalue weighted by Crippen LogP contribution is -2.34. The first-order chi connectivity index (χ1) is 7.87. The zero-order valence-corrected chi connectivity index (χ0v) is 10.00. The molecule has 2 aliphatic rings. The molecule has 0 atom stereocenters. The largest absolute Gasteiger partial charge is 0.257 e. The van der Waals surface area contributed by atoms with Crippen molar-refractivity contribution < 1.29 is 0 Å². The van der Waals surface area contributed by atoms with Crippen molar-refractivity contribution in [3.63, 3.8) is 0 Å². The normalized spacial score (nSPS) is 21.9. The molecule has 1 aromatic rings. The molecule has 1 heterocycles. The van der Waals surface area contributed by atoms with Crippen LogP contribution in [0.2, 0.25) is 0 Å². The second-order valence-corrected chi connectivity index (χ2v) is 5.07. The van der Waals surface area contributed by atoms with E-state index in [1.807, 2.05) is 0 Å². The van der Waals surface area contributed by atoms with E-state index in [2.05, 4.69) is 31.2 Å². The van der Waals surface area contributed by atoms with Gasteiger partial charge in [0.15, 0.2) is 0 Å². The highest BCUT2D eigenvalue weighted by Gasteiger charge is 2.42. The van der Waals surface area contributed by atoms with Crippen LogP contribution in [-0.2, 0) is 5.41 Å². The smallest absolute Gasteiger partial charge is 0.0670 e. The molecule has 1 spiro atoms. The minimum absolute atomic E-state index is 0.323. The van der Waals surface area contributed by atoms with Gasteiger partial charge in [0, 0.05) is 11.1 Å². The van der Waals surface area contributed by atoms with Crippen LogP contribution in [0.5, 0.6) is 0 Å². The standard InChI is InChI=1S/C15H19N/c1-2-14-15(10-6-3-7-11-15)12-8-4-5-9-13(12)16-14/h4-5,8-9H,2-3,6-7,10-11H2,1H3. The van der Waals surface area contributed by atoms with Crippen molar-refractivity contribution in [1.82, 2.24) is 0 Å². The van der Waals surface area contributed by atoms with Gasteiger partial charge in [0.2, 0.25) is 0 Å². The summed E-state index contributed by atoms with van der Waals surface area (Å²) in [5.41, 5.74) is 4.50. The molecule has 0 N–H and O–H groups in total. The summed E-state index contributed by atoms with van der Waals surface area (Å²) in [6, 6.07) is 8.75. The fourth-order valence-corrected chi connectivity index (χ4v) is 3.51. The van der Waals surface area contributed by atoms with Crippen LogP contribution in [0.4, 0.5) is 5.69 Å². The fraction of sp³-hybridized carbons (Fsp3) is 0.533. The SMILES string of the molecule is CCC1=Nc2ccccc2C12CCCCC2.